The van der Waals surface area contributed by atoms with Gasteiger partial charge in [-0.05, 0) is 25.7 Å². The molecule has 0 aliphatic heterocycles. The predicted molar refractivity (Wildman–Crippen MR) is 43.0 cm³/mol. The number of carbonyl (C=O) groups excluding carboxylic acids is 1. The molecule has 2 nitrogen and oxygen atoms in total. The maximum Gasteiger partial charge on any atom is 0.140 e. The minimum atomic E-state index is 0.180. The van der Waals surface area contributed by atoms with Crippen molar-refractivity contribution in [3.8, 4) is 0 Å². The monoisotopic (exact) mass is 153 g/mol. The molecule has 2 aliphatic rings. The van der Waals surface area contributed by atoms with E-state index in [-0.39, 0.29) is 12.0 Å². The van der Waals surface area contributed by atoms with Crippen molar-refractivity contribution in [1.29, 1.82) is 0 Å². The minimum Gasteiger partial charge on any atom is -0.327 e. The molecule has 0 unspecified atom stereocenters. The van der Waals surface area contributed by atoms with Crippen LogP contribution in [0.2, 0.25) is 0 Å². The molecule has 0 radical (unpaired) electrons. The Labute approximate surface area is 67.1 Å². The molecule has 11 heavy (non-hydrogen) atoms. The van der Waals surface area contributed by atoms with Crippen molar-refractivity contribution in [2.24, 2.45) is 17.6 Å². The van der Waals surface area contributed by atoms with E-state index >= 15 is 0 Å². The van der Waals surface area contributed by atoms with Gasteiger partial charge in [-0.25, -0.2) is 0 Å². The molecule has 0 spiro atoms. The van der Waals surface area contributed by atoms with Crippen LogP contribution in [-0.2, 0) is 4.79 Å². The predicted octanol–water partition coefficient (Wildman–Crippen LogP) is 1.09. The van der Waals surface area contributed by atoms with Crippen LogP contribution in [0.4, 0.5) is 0 Å². The standard InChI is InChI=1S/C9H15NO/c10-8-5-4-6-2-1-3-7(8)9(6)11/h6-8H,1-5,10H2/t6-,7+,8-/m1/s1. The van der Waals surface area contributed by atoms with Crippen molar-refractivity contribution in [2.75, 3.05) is 0 Å². The SMILES string of the molecule is N[C@@H]1CC[C@H]2CCC[C@@H]1C2=O. The van der Waals surface area contributed by atoms with E-state index in [1.54, 1.807) is 0 Å². The molecule has 0 aromatic heterocycles. The van der Waals surface area contributed by atoms with E-state index in [1.165, 1.54) is 6.42 Å². The van der Waals surface area contributed by atoms with Gasteiger partial charge in [0.25, 0.3) is 0 Å². The van der Waals surface area contributed by atoms with Gasteiger partial charge in [-0.1, -0.05) is 6.42 Å². The summed E-state index contributed by atoms with van der Waals surface area (Å²) in [5.41, 5.74) is 5.86. The second-order valence-corrected chi connectivity index (χ2v) is 3.88. The molecule has 62 valence electrons. The first kappa shape index (κ1) is 7.29. The van der Waals surface area contributed by atoms with Crippen LogP contribution < -0.4 is 5.73 Å². The van der Waals surface area contributed by atoms with Gasteiger partial charge in [0.1, 0.15) is 5.78 Å². The lowest BCUT2D eigenvalue weighted by Crippen LogP contribution is -2.45. The van der Waals surface area contributed by atoms with Crippen molar-refractivity contribution in [2.45, 2.75) is 38.1 Å². The number of nitrogens with two attached hydrogens (primary N) is 1. The fourth-order valence-corrected chi connectivity index (χ4v) is 2.48. The van der Waals surface area contributed by atoms with Gasteiger partial charge in [-0.2, -0.15) is 0 Å². The van der Waals surface area contributed by atoms with Crippen molar-refractivity contribution >= 4 is 5.78 Å². The molecule has 0 aromatic rings. The molecule has 2 aliphatic carbocycles. The Morgan fingerprint density at radius 3 is 2.73 bits per heavy atom. The minimum absolute atomic E-state index is 0.180. The van der Waals surface area contributed by atoms with E-state index in [0.29, 0.717) is 11.7 Å². The molecule has 2 N–H and O–H groups in total. The highest BCUT2D eigenvalue weighted by atomic mass is 16.1. The summed E-state index contributed by atoms with van der Waals surface area (Å²) < 4.78 is 0. The zero-order valence-electron chi connectivity index (χ0n) is 6.75. The smallest absolute Gasteiger partial charge is 0.140 e. The van der Waals surface area contributed by atoms with Crippen LogP contribution in [0.25, 0.3) is 0 Å². The maximum atomic E-state index is 11.5. The normalized spacial score (nSPS) is 44.1. The number of Topliss-reactive ketones (excluding diaryl/α,β-unsaturated/α-hetero) is 1. The van der Waals surface area contributed by atoms with Gasteiger partial charge < -0.3 is 5.73 Å². The Bertz CT molecular complexity index is 178. The maximum absolute atomic E-state index is 11.5. The highest BCUT2D eigenvalue weighted by molar-refractivity contribution is 5.85. The van der Waals surface area contributed by atoms with Gasteiger partial charge in [-0.15, -0.1) is 0 Å². The Morgan fingerprint density at radius 2 is 2.00 bits per heavy atom. The molecule has 2 bridgehead atoms. The van der Waals surface area contributed by atoms with Gasteiger partial charge >= 0.3 is 0 Å². The molecule has 0 saturated heterocycles. The second-order valence-electron chi connectivity index (χ2n) is 3.88. The molecule has 2 heteroatoms. The number of rotatable bonds is 0. The average Bonchev–Trinajstić information content (AvgIpc) is 1.98. The lowest BCUT2D eigenvalue weighted by atomic mass is 9.69. The van der Waals surface area contributed by atoms with E-state index < -0.39 is 0 Å². The summed E-state index contributed by atoms with van der Waals surface area (Å²) in [6.07, 6.45) is 5.52. The number of carbonyl (C=O) groups is 1. The van der Waals surface area contributed by atoms with Gasteiger partial charge in [0.05, 0.1) is 0 Å². The lowest BCUT2D eigenvalue weighted by molar-refractivity contribution is -0.132. The summed E-state index contributed by atoms with van der Waals surface area (Å²) in [6.45, 7) is 0. The van der Waals surface area contributed by atoms with E-state index in [0.717, 1.165) is 25.7 Å². The summed E-state index contributed by atoms with van der Waals surface area (Å²) in [4.78, 5) is 11.5. The van der Waals surface area contributed by atoms with Gasteiger partial charge in [0.2, 0.25) is 0 Å². The highest BCUT2D eigenvalue weighted by Gasteiger charge is 2.38. The van der Waals surface area contributed by atoms with E-state index in [1.807, 2.05) is 0 Å². The quantitative estimate of drug-likeness (QED) is 0.566. The first-order chi connectivity index (χ1) is 5.29. The van der Waals surface area contributed by atoms with Crippen LogP contribution >= 0.6 is 0 Å². The van der Waals surface area contributed by atoms with Gasteiger partial charge in [0, 0.05) is 17.9 Å². The third-order valence-electron chi connectivity index (χ3n) is 3.20. The zero-order chi connectivity index (χ0) is 7.84. The largest absolute Gasteiger partial charge is 0.327 e. The second kappa shape index (κ2) is 2.59. The van der Waals surface area contributed by atoms with Gasteiger partial charge in [-0.3, -0.25) is 4.79 Å². The Kier molecular flexibility index (Phi) is 1.72. The third kappa shape index (κ3) is 1.09. The van der Waals surface area contributed by atoms with Crippen LogP contribution in [0, 0.1) is 11.8 Å². The molecule has 0 amide bonds. The molecule has 0 aromatic carbocycles. The number of ketones is 1. The Morgan fingerprint density at radius 1 is 1.18 bits per heavy atom. The van der Waals surface area contributed by atoms with Gasteiger partial charge in [0.15, 0.2) is 0 Å². The molecule has 2 saturated carbocycles. The van der Waals surface area contributed by atoms with Crippen LogP contribution in [0.1, 0.15) is 32.1 Å². The van der Waals surface area contributed by atoms with E-state index in [9.17, 15) is 4.79 Å². The fourth-order valence-electron chi connectivity index (χ4n) is 2.48. The molecule has 0 heterocycles. The summed E-state index contributed by atoms with van der Waals surface area (Å²) in [6, 6.07) is 0.180. The van der Waals surface area contributed by atoms with Crippen molar-refractivity contribution < 1.29 is 4.79 Å². The van der Waals surface area contributed by atoms with Crippen LogP contribution in [0.5, 0.6) is 0 Å². The fraction of sp³-hybridized carbons (Fsp3) is 0.889. The van der Waals surface area contributed by atoms with Crippen molar-refractivity contribution in [3.63, 3.8) is 0 Å². The zero-order valence-corrected chi connectivity index (χ0v) is 6.75. The van der Waals surface area contributed by atoms with Crippen LogP contribution in [0.15, 0.2) is 0 Å². The summed E-state index contributed by atoms with van der Waals surface area (Å²) >= 11 is 0. The topological polar surface area (TPSA) is 43.1 Å². The van der Waals surface area contributed by atoms with E-state index in [2.05, 4.69) is 0 Å². The third-order valence-corrected chi connectivity index (χ3v) is 3.20. The number of fused-ring (bicyclic) bond motifs is 2. The first-order valence-corrected chi connectivity index (χ1v) is 4.58. The van der Waals surface area contributed by atoms with Crippen molar-refractivity contribution in [1.82, 2.24) is 0 Å². The highest BCUT2D eigenvalue weighted by Crippen LogP contribution is 2.36. The number of hydrogen-bond acceptors (Lipinski definition) is 2. The van der Waals surface area contributed by atoms with Crippen molar-refractivity contribution in [3.05, 3.63) is 0 Å². The Balaban J connectivity index is 2.16. The molecular weight excluding hydrogens is 138 g/mol. The summed E-state index contributed by atoms with van der Waals surface area (Å²) in [5, 5.41) is 0. The summed E-state index contributed by atoms with van der Waals surface area (Å²) in [7, 11) is 0. The summed E-state index contributed by atoms with van der Waals surface area (Å²) in [5.74, 6) is 1.08. The molecule has 2 rings (SSSR count). The van der Waals surface area contributed by atoms with Crippen LogP contribution in [-0.4, -0.2) is 11.8 Å². The Hall–Kier alpha value is -0.370. The molecule has 3 atom stereocenters. The first-order valence-electron chi connectivity index (χ1n) is 4.58. The lowest BCUT2D eigenvalue weighted by Gasteiger charge is -2.36. The average molecular weight is 153 g/mol. The molecule has 2 fully saturated rings. The molecular formula is C9H15NO. The van der Waals surface area contributed by atoms with Crippen LogP contribution in [0.3, 0.4) is 0 Å². The number of hydrogen-bond donors (Lipinski definition) is 1. The van der Waals surface area contributed by atoms with E-state index in [4.69, 9.17) is 5.73 Å².